The fourth-order valence-corrected chi connectivity index (χ4v) is 4.23. The van der Waals surface area contributed by atoms with Gasteiger partial charge in [-0.2, -0.15) is 0 Å². The summed E-state index contributed by atoms with van der Waals surface area (Å²) in [7, 11) is 1.59. The number of hydrogen-bond acceptors (Lipinski definition) is 4. The summed E-state index contributed by atoms with van der Waals surface area (Å²) in [6.45, 7) is 1.23. The van der Waals surface area contributed by atoms with Crippen LogP contribution in [-0.4, -0.2) is 49.5 Å². The molecule has 4 amide bonds. The molecule has 10 heteroatoms. The zero-order valence-electron chi connectivity index (χ0n) is 18.2. The first-order chi connectivity index (χ1) is 15.9. The number of anilines is 2. The Morgan fingerprint density at radius 3 is 2.42 bits per heavy atom. The molecule has 0 unspecified atom stereocenters. The number of urea groups is 1. The minimum Gasteiger partial charge on any atom is -0.497 e. The number of amides is 4. The van der Waals surface area contributed by atoms with Gasteiger partial charge in [-0.05, 0) is 55.3 Å². The number of likely N-dealkylation sites (tertiary alicyclic amines) is 1. The van der Waals surface area contributed by atoms with E-state index in [1.165, 1.54) is 0 Å². The monoisotopic (exact) mass is 536 g/mol. The summed E-state index contributed by atoms with van der Waals surface area (Å²) in [6, 6.07) is 11.9. The predicted octanol–water partition coefficient (Wildman–Crippen LogP) is 4.50. The molecular weight excluding hydrogens is 512 g/mol. The summed E-state index contributed by atoms with van der Waals surface area (Å²) in [6.07, 6.45) is 1.39. The van der Waals surface area contributed by atoms with Crippen molar-refractivity contribution in [2.45, 2.75) is 19.3 Å². The van der Waals surface area contributed by atoms with Crippen LogP contribution in [0.4, 0.5) is 16.2 Å². The van der Waals surface area contributed by atoms with Gasteiger partial charge in [-0.1, -0.05) is 27.5 Å². The SMILES string of the molecule is COc1ccc(NC(=O)C2CCN(C(=O)CCNC(=O)Nc3ccc(Br)cc3Cl)CC2)cc1. The number of carbonyl (C=O) groups is 3. The summed E-state index contributed by atoms with van der Waals surface area (Å²) in [4.78, 5) is 38.8. The zero-order valence-corrected chi connectivity index (χ0v) is 20.5. The van der Waals surface area contributed by atoms with Crippen LogP contribution in [0, 0.1) is 5.92 Å². The number of halogens is 2. The van der Waals surface area contributed by atoms with Crippen LogP contribution >= 0.6 is 27.5 Å². The van der Waals surface area contributed by atoms with Crippen molar-refractivity contribution < 1.29 is 19.1 Å². The Hall–Kier alpha value is -2.78. The molecule has 2 aromatic rings. The lowest BCUT2D eigenvalue weighted by atomic mass is 9.95. The quantitative estimate of drug-likeness (QED) is 0.484. The maximum absolute atomic E-state index is 12.5. The van der Waals surface area contributed by atoms with Gasteiger partial charge < -0.3 is 25.6 Å². The first-order valence-electron chi connectivity index (χ1n) is 10.6. The van der Waals surface area contributed by atoms with Gasteiger partial charge >= 0.3 is 6.03 Å². The van der Waals surface area contributed by atoms with Crippen LogP contribution < -0.4 is 20.7 Å². The van der Waals surface area contributed by atoms with E-state index in [2.05, 4.69) is 31.9 Å². The third-order valence-electron chi connectivity index (χ3n) is 5.38. The Kier molecular flexibility index (Phi) is 8.96. The minimum atomic E-state index is -0.430. The number of ether oxygens (including phenoxy) is 1. The summed E-state index contributed by atoms with van der Waals surface area (Å²) in [5, 5.41) is 8.65. The maximum atomic E-state index is 12.5. The number of nitrogens with zero attached hydrogens (tertiary/aromatic N) is 1. The number of nitrogens with one attached hydrogen (secondary N) is 3. The molecule has 2 aromatic carbocycles. The van der Waals surface area contributed by atoms with Crippen LogP contribution in [0.15, 0.2) is 46.9 Å². The van der Waals surface area contributed by atoms with E-state index >= 15 is 0 Å². The van der Waals surface area contributed by atoms with Gasteiger partial charge in [0.1, 0.15) is 5.75 Å². The van der Waals surface area contributed by atoms with Crippen molar-refractivity contribution in [1.29, 1.82) is 0 Å². The van der Waals surface area contributed by atoms with Crippen molar-refractivity contribution in [3.63, 3.8) is 0 Å². The second-order valence-corrected chi connectivity index (χ2v) is 8.95. The Labute approximate surface area is 206 Å². The highest BCUT2D eigenvalue weighted by Crippen LogP contribution is 2.25. The van der Waals surface area contributed by atoms with Crippen LogP contribution in [0.5, 0.6) is 5.75 Å². The third kappa shape index (κ3) is 7.36. The van der Waals surface area contributed by atoms with Gasteiger partial charge in [-0.15, -0.1) is 0 Å². The molecule has 8 nitrogen and oxygen atoms in total. The second-order valence-electron chi connectivity index (χ2n) is 7.63. The smallest absolute Gasteiger partial charge is 0.319 e. The van der Waals surface area contributed by atoms with Gasteiger partial charge in [0.05, 0.1) is 17.8 Å². The molecule has 1 saturated heterocycles. The number of benzene rings is 2. The van der Waals surface area contributed by atoms with Crippen molar-refractivity contribution >= 4 is 56.8 Å². The molecule has 0 spiro atoms. The average Bonchev–Trinajstić information content (AvgIpc) is 2.81. The Morgan fingerprint density at radius 2 is 1.79 bits per heavy atom. The molecule has 0 atom stereocenters. The second kappa shape index (κ2) is 11.9. The molecule has 33 heavy (non-hydrogen) atoms. The van der Waals surface area contributed by atoms with Gasteiger partial charge in [0.25, 0.3) is 0 Å². The van der Waals surface area contributed by atoms with Gasteiger partial charge in [-0.25, -0.2) is 4.79 Å². The van der Waals surface area contributed by atoms with Gasteiger partial charge in [0.2, 0.25) is 11.8 Å². The number of hydrogen-bond donors (Lipinski definition) is 3. The summed E-state index contributed by atoms with van der Waals surface area (Å²) >= 11 is 9.39. The van der Waals surface area contributed by atoms with Crippen molar-refractivity contribution in [1.82, 2.24) is 10.2 Å². The highest BCUT2D eigenvalue weighted by atomic mass is 79.9. The Bertz CT molecular complexity index is 994. The molecule has 176 valence electrons. The Morgan fingerprint density at radius 1 is 1.09 bits per heavy atom. The van der Waals surface area contributed by atoms with E-state index in [1.807, 2.05) is 0 Å². The van der Waals surface area contributed by atoms with Crippen molar-refractivity contribution in [2.24, 2.45) is 5.92 Å². The van der Waals surface area contributed by atoms with E-state index in [0.717, 1.165) is 10.2 Å². The molecule has 3 N–H and O–H groups in total. The third-order valence-corrected chi connectivity index (χ3v) is 6.19. The van der Waals surface area contributed by atoms with E-state index < -0.39 is 6.03 Å². The molecule has 1 fully saturated rings. The van der Waals surface area contributed by atoms with Crippen LogP contribution in [-0.2, 0) is 9.59 Å². The zero-order chi connectivity index (χ0) is 23.8. The molecule has 0 saturated carbocycles. The lowest BCUT2D eigenvalue weighted by Gasteiger charge is -2.31. The highest BCUT2D eigenvalue weighted by molar-refractivity contribution is 9.10. The number of rotatable bonds is 7. The fourth-order valence-electron chi connectivity index (χ4n) is 3.51. The minimum absolute atomic E-state index is 0.0443. The molecule has 1 heterocycles. The van der Waals surface area contributed by atoms with Gasteiger partial charge in [0, 0.05) is 42.1 Å². The molecule has 0 aromatic heterocycles. The molecule has 0 bridgehead atoms. The predicted molar refractivity (Wildman–Crippen MR) is 132 cm³/mol. The van der Waals surface area contributed by atoms with Crippen molar-refractivity contribution in [2.75, 3.05) is 37.4 Å². The van der Waals surface area contributed by atoms with E-state index in [4.69, 9.17) is 16.3 Å². The lowest BCUT2D eigenvalue weighted by Crippen LogP contribution is -2.42. The first kappa shape index (κ1) is 24.9. The number of methoxy groups -OCH3 is 1. The molecule has 0 radical (unpaired) electrons. The number of carbonyl (C=O) groups excluding carboxylic acids is 3. The topological polar surface area (TPSA) is 99.8 Å². The molecular formula is C23H26BrClN4O4. The largest absolute Gasteiger partial charge is 0.497 e. The van der Waals surface area contributed by atoms with Crippen molar-refractivity contribution in [3.8, 4) is 5.75 Å². The first-order valence-corrected chi connectivity index (χ1v) is 11.8. The van der Waals surface area contributed by atoms with E-state index in [9.17, 15) is 14.4 Å². The van der Waals surface area contributed by atoms with E-state index in [0.29, 0.717) is 42.3 Å². The summed E-state index contributed by atoms with van der Waals surface area (Å²) in [5.74, 6) is 0.489. The molecule has 1 aliphatic heterocycles. The van der Waals surface area contributed by atoms with Crippen LogP contribution in [0.3, 0.4) is 0 Å². The number of piperidine rings is 1. The average molecular weight is 538 g/mol. The normalized spacial score (nSPS) is 13.8. The Balaban J connectivity index is 1.36. The maximum Gasteiger partial charge on any atom is 0.319 e. The van der Waals surface area contributed by atoms with Crippen LogP contribution in [0.1, 0.15) is 19.3 Å². The van der Waals surface area contributed by atoms with Crippen LogP contribution in [0.2, 0.25) is 5.02 Å². The summed E-state index contributed by atoms with van der Waals surface area (Å²) < 4.78 is 5.93. The lowest BCUT2D eigenvalue weighted by molar-refractivity contribution is -0.134. The van der Waals surface area contributed by atoms with Gasteiger partial charge in [0.15, 0.2) is 0 Å². The highest BCUT2D eigenvalue weighted by Gasteiger charge is 2.27. The standard InChI is InChI=1S/C23H26BrClN4O4/c1-33-18-5-3-17(4-6-18)27-22(31)15-9-12-29(13-10-15)21(30)8-11-26-23(32)28-20-7-2-16(24)14-19(20)25/h2-7,14-15H,8-13H2,1H3,(H,27,31)(H2,26,28,32). The summed E-state index contributed by atoms with van der Waals surface area (Å²) in [5.41, 5.74) is 1.20. The van der Waals surface area contributed by atoms with E-state index in [-0.39, 0.29) is 30.7 Å². The molecule has 0 aliphatic carbocycles. The fraction of sp³-hybridized carbons (Fsp3) is 0.348. The van der Waals surface area contributed by atoms with Gasteiger partial charge in [-0.3, -0.25) is 9.59 Å². The molecule has 3 rings (SSSR count). The van der Waals surface area contributed by atoms with E-state index in [1.54, 1.807) is 54.5 Å². The van der Waals surface area contributed by atoms with Crippen molar-refractivity contribution in [3.05, 3.63) is 52.0 Å². The molecule has 1 aliphatic rings. The van der Waals surface area contributed by atoms with Crippen LogP contribution in [0.25, 0.3) is 0 Å².